The molecule has 0 saturated heterocycles. The van der Waals surface area contributed by atoms with Crippen molar-refractivity contribution < 1.29 is 18.0 Å². The molecule has 4 N–H and O–H groups in total. The highest BCUT2D eigenvalue weighted by Crippen LogP contribution is 2.37. The van der Waals surface area contributed by atoms with Gasteiger partial charge in [0.25, 0.3) is 0 Å². The van der Waals surface area contributed by atoms with E-state index >= 15 is 0 Å². The molecule has 1 aromatic carbocycles. The monoisotopic (exact) mass is 617 g/mol. The van der Waals surface area contributed by atoms with Gasteiger partial charge in [0.1, 0.15) is 23.1 Å². The molecule has 210 valence electrons. The zero-order chi connectivity index (χ0) is 29.1. The van der Waals surface area contributed by atoms with Crippen molar-refractivity contribution in [1.29, 1.82) is 0 Å². The lowest BCUT2D eigenvalue weighted by Gasteiger charge is -2.18. The van der Waals surface area contributed by atoms with Gasteiger partial charge in [0.2, 0.25) is 5.95 Å². The fourth-order valence-corrected chi connectivity index (χ4v) is 4.66. The number of carbonyl (C=O) groups is 1. The molecule has 0 aliphatic rings. The second-order valence-electron chi connectivity index (χ2n) is 8.45. The first-order valence-corrected chi connectivity index (χ1v) is 13.3. The first-order chi connectivity index (χ1) is 19.5. The number of H-pyrrole nitrogens is 1. The van der Waals surface area contributed by atoms with Crippen LogP contribution < -0.4 is 20.3 Å². The van der Waals surface area contributed by atoms with Crippen LogP contribution in [0.3, 0.4) is 0 Å². The van der Waals surface area contributed by atoms with Gasteiger partial charge in [-0.05, 0) is 48.7 Å². The number of anilines is 6. The van der Waals surface area contributed by atoms with Crippen molar-refractivity contribution in [2.75, 3.05) is 20.3 Å². The molecule has 0 atom stereocenters. The van der Waals surface area contributed by atoms with Gasteiger partial charge in [0.15, 0.2) is 0 Å². The highest BCUT2D eigenvalue weighted by atomic mass is 35.5. The minimum Gasteiger partial charge on any atom is -0.325 e. The Kier molecular flexibility index (Phi) is 8.01. The lowest BCUT2D eigenvalue weighted by Crippen LogP contribution is -2.27. The van der Waals surface area contributed by atoms with Gasteiger partial charge >= 0.3 is 12.2 Å². The van der Waals surface area contributed by atoms with Gasteiger partial charge in [0.05, 0.1) is 33.0 Å². The summed E-state index contributed by atoms with van der Waals surface area (Å²) in [6.45, 7) is 1.82. The van der Waals surface area contributed by atoms with Gasteiger partial charge < -0.3 is 10.6 Å². The summed E-state index contributed by atoms with van der Waals surface area (Å²) >= 11 is 11.3. The van der Waals surface area contributed by atoms with Crippen LogP contribution in [0.1, 0.15) is 11.3 Å². The lowest BCUT2D eigenvalue weighted by atomic mass is 10.2. The summed E-state index contributed by atoms with van der Waals surface area (Å²) in [4.78, 5) is 26.6. The van der Waals surface area contributed by atoms with Crippen LogP contribution in [0.2, 0.25) is 5.02 Å². The second kappa shape index (κ2) is 11.6. The number of benzene rings is 1. The Morgan fingerprint density at radius 1 is 1.07 bits per heavy atom. The Morgan fingerprint density at radius 3 is 2.61 bits per heavy atom. The Bertz CT molecular complexity index is 1680. The summed E-state index contributed by atoms with van der Waals surface area (Å²) in [7, 11) is 0. The van der Waals surface area contributed by atoms with Crippen molar-refractivity contribution in [3.8, 4) is 10.6 Å². The van der Waals surface area contributed by atoms with E-state index in [1.807, 2.05) is 30.5 Å². The smallest absolute Gasteiger partial charge is 0.325 e. The van der Waals surface area contributed by atoms with E-state index in [9.17, 15) is 18.0 Å². The topological polar surface area (TPSA) is 124 Å². The van der Waals surface area contributed by atoms with Crippen LogP contribution in [0, 0.1) is 6.92 Å². The first-order valence-electron chi connectivity index (χ1n) is 11.7. The van der Waals surface area contributed by atoms with Gasteiger partial charge in [-0.2, -0.15) is 23.3 Å². The largest absolute Gasteiger partial charge is 0.417 e. The molecule has 0 aliphatic carbocycles. The van der Waals surface area contributed by atoms with Gasteiger partial charge in [-0.15, -0.1) is 11.3 Å². The number of nitrogens with one attached hydrogen (secondary N) is 4. The average Bonchev–Trinajstić information content (AvgIpc) is 3.61. The molecule has 0 aliphatic heterocycles. The van der Waals surface area contributed by atoms with E-state index in [1.165, 1.54) is 18.3 Å². The van der Waals surface area contributed by atoms with Crippen LogP contribution >= 0.6 is 35.8 Å². The second-order valence-corrected chi connectivity index (χ2v) is 10.2. The molecule has 5 rings (SSSR count). The average molecular weight is 618 g/mol. The third-order valence-electron chi connectivity index (χ3n) is 5.42. The number of hydrogen-bond donors (Lipinski definition) is 5. The van der Waals surface area contributed by atoms with E-state index in [2.05, 4.69) is 53.9 Å². The zero-order valence-corrected chi connectivity index (χ0v) is 23.3. The number of hydrogen-bond acceptors (Lipinski definition) is 9. The van der Waals surface area contributed by atoms with Crippen LogP contribution in [0.25, 0.3) is 10.6 Å². The molecule has 41 heavy (non-hydrogen) atoms. The summed E-state index contributed by atoms with van der Waals surface area (Å²) in [5.74, 6) is 1.63. The molecule has 16 heteroatoms. The maximum absolute atomic E-state index is 13.2. The fraction of sp³-hybridized carbons (Fsp3) is 0.0800. The van der Waals surface area contributed by atoms with Crippen LogP contribution in [0.4, 0.5) is 52.7 Å². The number of thiophene rings is 1. The third kappa shape index (κ3) is 6.87. The van der Waals surface area contributed by atoms with Crippen LogP contribution in [-0.4, -0.2) is 31.2 Å². The van der Waals surface area contributed by atoms with Gasteiger partial charge in [-0.1, -0.05) is 30.5 Å². The van der Waals surface area contributed by atoms with Crippen molar-refractivity contribution in [2.45, 2.75) is 13.1 Å². The molecular formula is C25H19ClF3N9OS2. The number of urea groups is 1. The Labute approximate surface area is 245 Å². The summed E-state index contributed by atoms with van der Waals surface area (Å²) in [5, 5.41) is 17.4. The number of nitrogens with zero attached hydrogens (tertiary/aromatic N) is 5. The van der Waals surface area contributed by atoms with E-state index < -0.39 is 22.8 Å². The van der Waals surface area contributed by atoms with Crippen molar-refractivity contribution in [1.82, 2.24) is 25.1 Å². The predicted octanol–water partition coefficient (Wildman–Crippen LogP) is 7.67. The molecule has 0 saturated carbocycles. The van der Waals surface area contributed by atoms with E-state index in [0.717, 1.165) is 27.0 Å². The molecular weight excluding hydrogens is 599 g/mol. The van der Waals surface area contributed by atoms with Crippen molar-refractivity contribution in [3.05, 3.63) is 82.5 Å². The quantitative estimate of drug-likeness (QED) is 0.119. The molecule has 0 radical (unpaired) electrons. The van der Waals surface area contributed by atoms with Crippen molar-refractivity contribution in [2.24, 2.45) is 0 Å². The van der Waals surface area contributed by atoms with Crippen LogP contribution in [0.15, 0.2) is 66.2 Å². The van der Waals surface area contributed by atoms with E-state index in [4.69, 9.17) is 11.6 Å². The highest BCUT2D eigenvalue weighted by Gasteiger charge is 2.34. The maximum Gasteiger partial charge on any atom is 0.417 e. The van der Waals surface area contributed by atoms with E-state index in [-0.39, 0.29) is 11.5 Å². The first kappa shape index (κ1) is 28.2. The number of carbonyl (C=O) groups excluding carboxylic acids is 1. The molecule has 0 bridgehead atoms. The molecule has 10 nitrogen and oxygen atoms in total. The number of alkyl halides is 3. The standard InChI is InChI=1S/C25H19ClF3N9OS2/c1-13-9-21(33-22-11-18(36-37-22)19-3-2-8-41-19)34-23(31-13)32-14-4-7-20(30-12-14)35-24(39)38(40)15-5-6-17(26)16(10-15)25(27,28)29/h2-12,40H,1H3,(H,30,35,39)(H3,31,32,33,34,36,37). The minimum atomic E-state index is -4.69. The molecule has 0 fully saturated rings. The minimum absolute atomic E-state index is 0.125. The zero-order valence-electron chi connectivity index (χ0n) is 20.9. The summed E-state index contributed by atoms with van der Waals surface area (Å²) in [5.41, 5.74) is 0.826. The SMILES string of the molecule is Cc1cc(Nc2cc(-c3cccs3)n[nH]2)nc(Nc2ccc(NC(=O)N(S)c3ccc(Cl)c(C(F)(F)F)c3)nc2)n1. The maximum atomic E-state index is 13.2. The number of aromatic nitrogens is 5. The van der Waals surface area contributed by atoms with Gasteiger partial charge in [-0.3, -0.25) is 10.4 Å². The number of aromatic amines is 1. The molecule has 0 unspecified atom stereocenters. The van der Waals surface area contributed by atoms with Crippen LogP contribution in [-0.2, 0) is 6.18 Å². The lowest BCUT2D eigenvalue weighted by molar-refractivity contribution is -0.137. The predicted molar refractivity (Wildman–Crippen MR) is 156 cm³/mol. The number of halogens is 4. The normalized spacial score (nSPS) is 11.3. The van der Waals surface area contributed by atoms with Gasteiger partial charge in [0, 0.05) is 17.8 Å². The molecule has 2 amide bonds. The summed E-state index contributed by atoms with van der Waals surface area (Å²) in [6, 6.07) is 12.9. The molecule has 5 aromatic rings. The van der Waals surface area contributed by atoms with Crippen molar-refractivity contribution >= 4 is 76.6 Å². The van der Waals surface area contributed by atoms with E-state index in [1.54, 1.807) is 23.5 Å². The molecule has 0 spiro atoms. The highest BCUT2D eigenvalue weighted by molar-refractivity contribution is 7.82. The summed E-state index contributed by atoms with van der Waals surface area (Å²) in [6.07, 6.45) is -3.25. The van der Waals surface area contributed by atoms with Crippen molar-refractivity contribution in [3.63, 3.8) is 0 Å². The Morgan fingerprint density at radius 2 is 1.90 bits per heavy atom. The fourth-order valence-electron chi connectivity index (χ4n) is 3.58. The Balaban J connectivity index is 1.23. The van der Waals surface area contributed by atoms with Crippen LogP contribution in [0.5, 0.6) is 0 Å². The summed E-state index contributed by atoms with van der Waals surface area (Å²) < 4.78 is 40.2. The number of pyridine rings is 1. The number of rotatable bonds is 7. The number of aryl methyl sites for hydroxylation is 1. The number of thiol groups is 1. The molecule has 4 aromatic heterocycles. The van der Waals surface area contributed by atoms with Gasteiger partial charge in [-0.25, -0.2) is 19.1 Å². The third-order valence-corrected chi connectivity index (χ3v) is 7.05. The van der Waals surface area contributed by atoms with E-state index in [0.29, 0.717) is 29.0 Å². The molecule has 4 heterocycles. The Hall–Kier alpha value is -4.34. The number of amides is 2.